The summed E-state index contributed by atoms with van der Waals surface area (Å²) in [6, 6.07) is 22.2. The molecule has 5 heteroatoms. The van der Waals surface area contributed by atoms with E-state index >= 15 is 0 Å². The number of nitrogens with one attached hydrogen (secondary N) is 1. The molecule has 0 heterocycles. The molecule has 3 rings (SSSR count). The number of carbonyl (C=O) groups excluding carboxylic acids is 3. The second-order valence-corrected chi connectivity index (χ2v) is 6.23. The van der Waals surface area contributed by atoms with Crippen molar-refractivity contribution in [1.82, 2.24) is 0 Å². The summed E-state index contributed by atoms with van der Waals surface area (Å²) in [5.74, 6) is -1.31. The minimum Gasteiger partial charge on any atom is -0.454 e. The summed E-state index contributed by atoms with van der Waals surface area (Å²) in [5.41, 5.74) is 2.49. The van der Waals surface area contributed by atoms with Crippen molar-refractivity contribution in [2.45, 2.75) is 6.92 Å². The molecule has 0 atom stereocenters. The van der Waals surface area contributed by atoms with Gasteiger partial charge in [-0.25, -0.2) is 4.79 Å². The number of esters is 1. The van der Waals surface area contributed by atoms with Crippen molar-refractivity contribution in [2.24, 2.45) is 0 Å². The predicted molar refractivity (Wildman–Crippen MR) is 107 cm³/mol. The normalized spacial score (nSPS) is 10.2. The molecule has 0 radical (unpaired) electrons. The summed E-state index contributed by atoms with van der Waals surface area (Å²) in [6.07, 6.45) is 0. The molecule has 5 nitrogen and oxygen atoms in total. The Kier molecular flexibility index (Phi) is 5.97. The second kappa shape index (κ2) is 8.77. The Morgan fingerprint density at radius 2 is 1.43 bits per heavy atom. The van der Waals surface area contributed by atoms with Gasteiger partial charge in [-0.05, 0) is 31.2 Å². The Balaban J connectivity index is 1.68. The fourth-order valence-corrected chi connectivity index (χ4v) is 2.59. The number of benzene rings is 3. The molecular formula is C23H19NO4. The number of carbonyl (C=O) groups is 3. The number of anilines is 1. The molecule has 1 N–H and O–H groups in total. The number of para-hydroxylation sites is 1. The maximum atomic E-state index is 12.4. The van der Waals surface area contributed by atoms with Gasteiger partial charge in [-0.1, -0.05) is 60.2 Å². The lowest BCUT2D eigenvalue weighted by molar-refractivity contribution is 0.0475. The van der Waals surface area contributed by atoms with Crippen LogP contribution in [0, 0.1) is 6.92 Å². The molecule has 140 valence electrons. The SMILES string of the molecule is Cc1ccc(C(=O)COC(=O)c2ccccc2NC(=O)c2ccccc2)cc1. The molecule has 0 spiro atoms. The lowest BCUT2D eigenvalue weighted by Gasteiger charge is -2.11. The predicted octanol–water partition coefficient (Wildman–Crippen LogP) is 4.29. The molecule has 0 saturated carbocycles. The van der Waals surface area contributed by atoms with Crippen LogP contribution >= 0.6 is 0 Å². The average molecular weight is 373 g/mol. The number of rotatable bonds is 6. The largest absolute Gasteiger partial charge is 0.454 e. The molecule has 0 bridgehead atoms. The van der Waals surface area contributed by atoms with Crippen molar-refractivity contribution in [3.8, 4) is 0 Å². The van der Waals surface area contributed by atoms with Gasteiger partial charge in [-0.2, -0.15) is 0 Å². The van der Waals surface area contributed by atoms with Gasteiger partial charge in [-0.15, -0.1) is 0 Å². The minimum atomic E-state index is -0.676. The zero-order valence-corrected chi connectivity index (χ0v) is 15.3. The number of aryl methyl sites for hydroxylation is 1. The lowest BCUT2D eigenvalue weighted by atomic mass is 10.1. The van der Waals surface area contributed by atoms with E-state index in [1.54, 1.807) is 60.7 Å². The van der Waals surface area contributed by atoms with Crippen LogP contribution in [0.25, 0.3) is 0 Å². The number of ketones is 1. The fourth-order valence-electron chi connectivity index (χ4n) is 2.59. The highest BCUT2D eigenvalue weighted by Gasteiger charge is 2.17. The smallest absolute Gasteiger partial charge is 0.340 e. The first-order chi connectivity index (χ1) is 13.5. The molecule has 0 aliphatic carbocycles. The first-order valence-corrected chi connectivity index (χ1v) is 8.77. The molecule has 0 unspecified atom stereocenters. The van der Waals surface area contributed by atoms with Crippen LogP contribution in [-0.2, 0) is 4.74 Å². The molecular weight excluding hydrogens is 354 g/mol. The average Bonchev–Trinajstić information content (AvgIpc) is 2.73. The molecule has 0 aliphatic heterocycles. The molecule has 28 heavy (non-hydrogen) atoms. The molecule has 0 saturated heterocycles. The van der Waals surface area contributed by atoms with E-state index in [1.165, 1.54) is 0 Å². The summed E-state index contributed by atoms with van der Waals surface area (Å²) in [5, 5.41) is 2.71. The topological polar surface area (TPSA) is 72.5 Å². The Bertz CT molecular complexity index is 995. The van der Waals surface area contributed by atoms with E-state index in [-0.39, 0.29) is 23.9 Å². The van der Waals surface area contributed by atoms with Crippen LogP contribution < -0.4 is 5.32 Å². The van der Waals surface area contributed by atoms with Gasteiger partial charge in [0, 0.05) is 11.1 Å². The van der Waals surface area contributed by atoms with Gasteiger partial charge in [-0.3, -0.25) is 9.59 Å². The van der Waals surface area contributed by atoms with Crippen LogP contribution in [0.4, 0.5) is 5.69 Å². The zero-order valence-electron chi connectivity index (χ0n) is 15.3. The summed E-state index contributed by atoms with van der Waals surface area (Å²) >= 11 is 0. The molecule has 3 aromatic rings. The van der Waals surface area contributed by atoms with E-state index in [0.717, 1.165) is 5.56 Å². The van der Waals surface area contributed by atoms with Crippen LogP contribution in [0.3, 0.4) is 0 Å². The van der Waals surface area contributed by atoms with Gasteiger partial charge < -0.3 is 10.1 Å². The van der Waals surface area contributed by atoms with E-state index in [2.05, 4.69) is 5.32 Å². The molecule has 0 aliphatic rings. The lowest BCUT2D eigenvalue weighted by Crippen LogP contribution is -2.18. The Morgan fingerprint density at radius 3 is 2.14 bits per heavy atom. The maximum absolute atomic E-state index is 12.4. The summed E-state index contributed by atoms with van der Waals surface area (Å²) in [4.78, 5) is 37.0. The highest BCUT2D eigenvalue weighted by molar-refractivity contribution is 6.08. The minimum absolute atomic E-state index is 0.184. The first-order valence-electron chi connectivity index (χ1n) is 8.77. The summed E-state index contributed by atoms with van der Waals surface area (Å²) < 4.78 is 5.16. The van der Waals surface area contributed by atoms with Crippen molar-refractivity contribution in [2.75, 3.05) is 11.9 Å². The van der Waals surface area contributed by atoms with Gasteiger partial charge in [0.2, 0.25) is 0 Å². The Morgan fingerprint density at radius 1 is 0.786 bits per heavy atom. The first kappa shape index (κ1) is 19.0. The van der Waals surface area contributed by atoms with E-state index in [1.807, 2.05) is 25.1 Å². The van der Waals surface area contributed by atoms with Crippen LogP contribution in [0.1, 0.15) is 36.6 Å². The van der Waals surface area contributed by atoms with Gasteiger partial charge in [0.1, 0.15) is 0 Å². The number of amides is 1. The standard InChI is InChI=1S/C23H19NO4/c1-16-11-13-17(14-12-16)21(25)15-28-23(27)19-9-5-6-10-20(19)24-22(26)18-7-3-2-4-8-18/h2-14H,15H2,1H3,(H,24,26). The van der Waals surface area contributed by atoms with Crippen molar-refractivity contribution in [1.29, 1.82) is 0 Å². The van der Waals surface area contributed by atoms with E-state index in [9.17, 15) is 14.4 Å². The number of hydrogen-bond donors (Lipinski definition) is 1. The molecule has 0 fully saturated rings. The Labute approximate surface area is 163 Å². The quantitative estimate of drug-likeness (QED) is 0.517. The number of Topliss-reactive ketones (excluding diaryl/α,β-unsaturated/α-hetero) is 1. The third kappa shape index (κ3) is 4.71. The van der Waals surface area contributed by atoms with Gasteiger partial charge in [0.25, 0.3) is 5.91 Å². The van der Waals surface area contributed by atoms with Crippen LogP contribution in [0.5, 0.6) is 0 Å². The third-order valence-corrected chi connectivity index (χ3v) is 4.14. The van der Waals surface area contributed by atoms with Crippen molar-refractivity contribution >= 4 is 23.3 Å². The van der Waals surface area contributed by atoms with Gasteiger partial charge >= 0.3 is 5.97 Å². The van der Waals surface area contributed by atoms with Crippen molar-refractivity contribution in [3.05, 3.63) is 101 Å². The second-order valence-electron chi connectivity index (χ2n) is 6.23. The van der Waals surface area contributed by atoms with Gasteiger partial charge in [0.15, 0.2) is 12.4 Å². The monoisotopic (exact) mass is 373 g/mol. The third-order valence-electron chi connectivity index (χ3n) is 4.14. The number of hydrogen-bond acceptors (Lipinski definition) is 4. The highest BCUT2D eigenvalue weighted by atomic mass is 16.5. The van der Waals surface area contributed by atoms with Gasteiger partial charge in [0.05, 0.1) is 11.3 Å². The van der Waals surface area contributed by atoms with E-state index in [0.29, 0.717) is 16.8 Å². The van der Waals surface area contributed by atoms with Crippen molar-refractivity contribution < 1.29 is 19.1 Å². The van der Waals surface area contributed by atoms with Crippen LogP contribution in [-0.4, -0.2) is 24.3 Å². The summed E-state index contributed by atoms with van der Waals surface area (Å²) in [6.45, 7) is 1.55. The highest BCUT2D eigenvalue weighted by Crippen LogP contribution is 2.18. The zero-order chi connectivity index (χ0) is 19.9. The number of ether oxygens (including phenoxy) is 1. The van der Waals surface area contributed by atoms with Crippen LogP contribution in [0.2, 0.25) is 0 Å². The molecule has 3 aromatic carbocycles. The fraction of sp³-hybridized carbons (Fsp3) is 0.0870. The van der Waals surface area contributed by atoms with E-state index in [4.69, 9.17) is 4.74 Å². The summed E-state index contributed by atoms with van der Waals surface area (Å²) in [7, 11) is 0. The van der Waals surface area contributed by atoms with E-state index < -0.39 is 5.97 Å². The molecule has 1 amide bonds. The van der Waals surface area contributed by atoms with Crippen molar-refractivity contribution in [3.63, 3.8) is 0 Å². The molecule has 0 aromatic heterocycles. The maximum Gasteiger partial charge on any atom is 0.340 e. The van der Waals surface area contributed by atoms with Crippen LogP contribution in [0.15, 0.2) is 78.9 Å². The Hall–Kier alpha value is -3.73.